The summed E-state index contributed by atoms with van der Waals surface area (Å²) >= 11 is 0. The van der Waals surface area contributed by atoms with E-state index in [9.17, 15) is 18.0 Å². The summed E-state index contributed by atoms with van der Waals surface area (Å²) in [5.74, 6) is -1.50. The maximum Gasteiger partial charge on any atom is 0.255 e. The zero-order chi connectivity index (χ0) is 20.6. The summed E-state index contributed by atoms with van der Waals surface area (Å²) in [6, 6.07) is 13.7. The first kappa shape index (κ1) is 19.4. The van der Waals surface area contributed by atoms with E-state index in [1.54, 1.807) is 6.92 Å². The number of sulfonamides is 1. The summed E-state index contributed by atoms with van der Waals surface area (Å²) in [6.45, 7) is 3.72. The van der Waals surface area contributed by atoms with Crippen molar-refractivity contribution in [1.82, 2.24) is 0 Å². The van der Waals surface area contributed by atoms with Crippen molar-refractivity contribution in [3.05, 3.63) is 54.1 Å². The number of carbonyl (C=O) groups excluding carboxylic acids is 2. The smallest absolute Gasteiger partial charge is 0.255 e. The van der Waals surface area contributed by atoms with Crippen molar-refractivity contribution in [1.29, 1.82) is 0 Å². The van der Waals surface area contributed by atoms with Gasteiger partial charge in [-0.05, 0) is 61.4 Å². The molecule has 152 valence electrons. The largest absolute Gasteiger partial charge is 0.372 e. The lowest BCUT2D eigenvalue weighted by molar-refractivity contribution is -0.119. The van der Waals surface area contributed by atoms with Crippen molar-refractivity contribution in [2.45, 2.75) is 19.8 Å². The lowest BCUT2D eigenvalue weighted by atomic mass is 10.1. The molecule has 0 spiro atoms. The van der Waals surface area contributed by atoms with Crippen molar-refractivity contribution < 1.29 is 18.0 Å². The van der Waals surface area contributed by atoms with E-state index < -0.39 is 21.8 Å². The van der Waals surface area contributed by atoms with Crippen LogP contribution in [0.2, 0.25) is 0 Å². The first-order valence-electron chi connectivity index (χ1n) is 9.68. The molecule has 0 unspecified atom stereocenters. The highest BCUT2D eigenvalue weighted by molar-refractivity contribution is 7.94. The van der Waals surface area contributed by atoms with Gasteiger partial charge in [0.25, 0.3) is 5.91 Å². The highest BCUT2D eigenvalue weighted by atomic mass is 32.2. The molecule has 0 bridgehead atoms. The van der Waals surface area contributed by atoms with Gasteiger partial charge >= 0.3 is 0 Å². The SMILES string of the molecule is C[C@@H]1CS(=O)(=O)N(c2ccc(C(=O)Nc3ccc(N4CCCC4)cc3)cc2)C1=O. The molecule has 2 aromatic carbocycles. The Morgan fingerprint density at radius 1 is 0.966 bits per heavy atom. The Labute approximate surface area is 170 Å². The van der Waals surface area contributed by atoms with Gasteiger partial charge in [0.2, 0.25) is 15.9 Å². The minimum atomic E-state index is -3.65. The lowest BCUT2D eigenvalue weighted by Crippen LogP contribution is -2.30. The molecule has 2 aliphatic rings. The summed E-state index contributed by atoms with van der Waals surface area (Å²) in [5.41, 5.74) is 2.48. The average molecular weight is 413 g/mol. The van der Waals surface area contributed by atoms with Gasteiger partial charge in [-0.1, -0.05) is 6.92 Å². The molecular formula is C21H23N3O4S. The van der Waals surface area contributed by atoms with E-state index in [0.29, 0.717) is 11.3 Å². The second-order valence-electron chi connectivity index (χ2n) is 7.52. The molecule has 1 N–H and O–H groups in total. The van der Waals surface area contributed by atoms with Crippen LogP contribution in [-0.2, 0) is 14.8 Å². The Balaban J connectivity index is 1.45. The van der Waals surface area contributed by atoms with Gasteiger partial charge in [0.15, 0.2) is 0 Å². The molecule has 0 saturated carbocycles. The minimum Gasteiger partial charge on any atom is -0.372 e. The van der Waals surface area contributed by atoms with Gasteiger partial charge in [0.1, 0.15) is 0 Å². The van der Waals surface area contributed by atoms with Crippen LogP contribution in [0.1, 0.15) is 30.1 Å². The van der Waals surface area contributed by atoms with Gasteiger partial charge in [-0.2, -0.15) is 0 Å². The second kappa shape index (κ2) is 7.51. The van der Waals surface area contributed by atoms with Gasteiger partial charge in [-0.25, -0.2) is 12.7 Å². The molecule has 2 aromatic rings. The van der Waals surface area contributed by atoms with Crippen molar-refractivity contribution >= 4 is 38.9 Å². The van der Waals surface area contributed by atoms with Gasteiger partial charge in [0, 0.05) is 30.0 Å². The monoisotopic (exact) mass is 413 g/mol. The lowest BCUT2D eigenvalue weighted by Gasteiger charge is -2.18. The zero-order valence-corrected chi connectivity index (χ0v) is 17.0. The molecule has 2 aliphatic heterocycles. The highest BCUT2D eigenvalue weighted by Crippen LogP contribution is 2.28. The van der Waals surface area contributed by atoms with Crippen molar-refractivity contribution in [2.75, 3.05) is 33.4 Å². The highest BCUT2D eigenvalue weighted by Gasteiger charge is 2.41. The maximum absolute atomic E-state index is 12.5. The number of hydrogen-bond acceptors (Lipinski definition) is 5. The van der Waals surface area contributed by atoms with Crippen molar-refractivity contribution in [2.24, 2.45) is 5.92 Å². The third-order valence-electron chi connectivity index (χ3n) is 5.32. The molecule has 4 rings (SSSR count). The summed E-state index contributed by atoms with van der Waals surface area (Å²) in [4.78, 5) is 27.0. The van der Waals surface area contributed by atoms with Gasteiger partial charge in [0.05, 0.1) is 17.4 Å². The van der Waals surface area contributed by atoms with E-state index in [1.807, 2.05) is 24.3 Å². The summed E-state index contributed by atoms with van der Waals surface area (Å²) in [5, 5.41) is 2.84. The van der Waals surface area contributed by atoms with E-state index in [4.69, 9.17) is 0 Å². The zero-order valence-electron chi connectivity index (χ0n) is 16.2. The normalized spacial score (nSPS) is 20.9. The fourth-order valence-corrected chi connectivity index (χ4v) is 5.59. The number of carbonyl (C=O) groups is 2. The summed E-state index contributed by atoms with van der Waals surface area (Å²) in [6.07, 6.45) is 2.41. The number of nitrogens with one attached hydrogen (secondary N) is 1. The summed E-state index contributed by atoms with van der Waals surface area (Å²) in [7, 11) is -3.65. The van der Waals surface area contributed by atoms with Gasteiger partial charge < -0.3 is 10.2 Å². The average Bonchev–Trinajstić information content (AvgIpc) is 3.29. The Hall–Kier alpha value is -2.87. The molecule has 8 heteroatoms. The predicted molar refractivity (Wildman–Crippen MR) is 113 cm³/mol. The molecule has 0 radical (unpaired) electrons. The summed E-state index contributed by atoms with van der Waals surface area (Å²) < 4.78 is 25.2. The van der Waals surface area contributed by atoms with Gasteiger partial charge in [-0.15, -0.1) is 0 Å². The minimum absolute atomic E-state index is 0.193. The molecule has 2 saturated heterocycles. The molecule has 0 aliphatic carbocycles. The number of amides is 2. The standard InChI is InChI=1S/C21H23N3O4S/c1-15-14-29(27,28)24(21(15)26)19-8-4-16(5-9-19)20(25)22-17-6-10-18(11-7-17)23-12-2-3-13-23/h4-11,15H,2-3,12-14H2,1H3,(H,22,25)/t15-/m1/s1. The van der Waals surface area contributed by atoms with E-state index in [2.05, 4.69) is 10.2 Å². The van der Waals surface area contributed by atoms with E-state index in [-0.39, 0.29) is 17.3 Å². The number of rotatable bonds is 4. The first-order valence-corrected chi connectivity index (χ1v) is 11.3. The van der Waals surface area contributed by atoms with Crippen LogP contribution in [0.25, 0.3) is 0 Å². The molecule has 2 fully saturated rings. The van der Waals surface area contributed by atoms with Crippen LogP contribution >= 0.6 is 0 Å². The predicted octanol–water partition coefficient (Wildman–Crippen LogP) is 2.85. The Morgan fingerprint density at radius 2 is 1.55 bits per heavy atom. The quantitative estimate of drug-likeness (QED) is 0.833. The van der Waals surface area contributed by atoms with Crippen LogP contribution in [0.5, 0.6) is 0 Å². The van der Waals surface area contributed by atoms with Gasteiger partial charge in [-0.3, -0.25) is 9.59 Å². The Kier molecular flexibility index (Phi) is 5.04. The topological polar surface area (TPSA) is 86.8 Å². The molecule has 2 amide bonds. The van der Waals surface area contributed by atoms with Crippen LogP contribution in [0, 0.1) is 5.92 Å². The third-order valence-corrected chi connectivity index (χ3v) is 7.19. The van der Waals surface area contributed by atoms with E-state index in [1.165, 1.54) is 37.1 Å². The van der Waals surface area contributed by atoms with Crippen LogP contribution in [0.15, 0.2) is 48.5 Å². The Morgan fingerprint density at radius 3 is 2.10 bits per heavy atom. The maximum atomic E-state index is 12.5. The number of benzene rings is 2. The molecule has 0 aromatic heterocycles. The molecule has 2 heterocycles. The van der Waals surface area contributed by atoms with Crippen molar-refractivity contribution in [3.63, 3.8) is 0 Å². The van der Waals surface area contributed by atoms with E-state index >= 15 is 0 Å². The third kappa shape index (κ3) is 3.85. The second-order valence-corrected chi connectivity index (χ2v) is 9.39. The Bertz CT molecular complexity index is 1030. The van der Waals surface area contributed by atoms with Crippen LogP contribution in [-0.4, -0.2) is 39.1 Å². The number of nitrogens with zero attached hydrogens (tertiary/aromatic N) is 2. The van der Waals surface area contributed by atoms with Crippen LogP contribution in [0.4, 0.5) is 17.1 Å². The van der Waals surface area contributed by atoms with Crippen molar-refractivity contribution in [3.8, 4) is 0 Å². The number of hydrogen-bond donors (Lipinski definition) is 1. The molecule has 7 nitrogen and oxygen atoms in total. The first-order chi connectivity index (χ1) is 13.8. The number of anilines is 3. The molecular weight excluding hydrogens is 390 g/mol. The molecule has 29 heavy (non-hydrogen) atoms. The molecule has 1 atom stereocenters. The van der Waals surface area contributed by atoms with E-state index in [0.717, 1.165) is 23.1 Å². The fourth-order valence-electron chi connectivity index (χ4n) is 3.77. The van der Waals surface area contributed by atoms with Crippen LogP contribution < -0.4 is 14.5 Å². The fraction of sp³-hybridized carbons (Fsp3) is 0.333. The van der Waals surface area contributed by atoms with Crippen LogP contribution in [0.3, 0.4) is 0 Å².